The molecule has 8 heteroatoms. The number of nitrogens with one attached hydrogen (secondary N) is 1. The number of rotatable bonds is 11. The highest BCUT2D eigenvalue weighted by molar-refractivity contribution is 6.30. The zero-order valence-electron chi connectivity index (χ0n) is 17.3. The lowest BCUT2D eigenvalue weighted by molar-refractivity contribution is -0.152. The lowest BCUT2D eigenvalue weighted by Crippen LogP contribution is -2.30. The molecule has 0 aliphatic heterocycles. The number of esters is 2. The number of carbonyl (C=O) groups is 3. The summed E-state index contributed by atoms with van der Waals surface area (Å²) in [5, 5.41) is 3.24. The second-order valence-corrected chi connectivity index (χ2v) is 7.19. The quantitative estimate of drug-likeness (QED) is 0.388. The Morgan fingerprint density at radius 3 is 2.26 bits per heavy atom. The van der Waals surface area contributed by atoms with Gasteiger partial charge in [0, 0.05) is 17.9 Å². The van der Waals surface area contributed by atoms with Crippen LogP contribution in [0.2, 0.25) is 5.02 Å². The Hall–Kier alpha value is -3.06. The smallest absolute Gasteiger partial charge is 0.410 e. The summed E-state index contributed by atoms with van der Waals surface area (Å²) >= 11 is 5.94. The lowest BCUT2D eigenvalue weighted by Gasteiger charge is -2.19. The normalized spacial score (nSPS) is 11.3. The molecule has 0 aliphatic rings. The van der Waals surface area contributed by atoms with Gasteiger partial charge >= 0.3 is 18.0 Å². The Morgan fingerprint density at radius 2 is 1.58 bits per heavy atom. The molecule has 2 aromatic rings. The third kappa shape index (κ3) is 9.53. The van der Waals surface area contributed by atoms with E-state index < -0.39 is 24.9 Å². The van der Waals surface area contributed by atoms with E-state index in [4.69, 9.17) is 25.8 Å². The number of benzene rings is 2. The highest BCUT2D eigenvalue weighted by atomic mass is 35.5. The van der Waals surface area contributed by atoms with Crippen molar-refractivity contribution in [3.8, 4) is 0 Å². The van der Waals surface area contributed by atoms with Crippen LogP contribution in [0.15, 0.2) is 54.6 Å². The fraction of sp³-hybridized carbons (Fsp3) is 0.348. The predicted octanol–water partition coefficient (Wildman–Crippen LogP) is 4.93. The average molecular weight is 448 g/mol. The molecule has 1 unspecified atom stereocenters. The molecule has 1 atom stereocenters. The van der Waals surface area contributed by atoms with Crippen molar-refractivity contribution in [3.63, 3.8) is 0 Å². The SMILES string of the molecule is CCCC(=O)OCOC(=O)NC(CCC(=O)OCc1ccccc1)c1ccc(Cl)cc1. The summed E-state index contributed by atoms with van der Waals surface area (Å²) in [4.78, 5) is 35.6. The van der Waals surface area contributed by atoms with Gasteiger partial charge in [-0.15, -0.1) is 0 Å². The van der Waals surface area contributed by atoms with Crippen LogP contribution in [-0.2, 0) is 30.4 Å². The molecule has 0 radical (unpaired) electrons. The maximum Gasteiger partial charge on any atom is 0.410 e. The van der Waals surface area contributed by atoms with Crippen molar-refractivity contribution in [2.45, 2.75) is 45.3 Å². The molecule has 0 fully saturated rings. The Kier molecular flexibility index (Phi) is 10.4. The predicted molar refractivity (Wildman–Crippen MR) is 115 cm³/mol. The fourth-order valence-electron chi connectivity index (χ4n) is 2.70. The maximum atomic E-state index is 12.2. The maximum absolute atomic E-state index is 12.2. The highest BCUT2D eigenvalue weighted by Crippen LogP contribution is 2.21. The van der Waals surface area contributed by atoms with Gasteiger partial charge < -0.3 is 19.5 Å². The van der Waals surface area contributed by atoms with Crippen LogP contribution < -0.4 is 5.32 Å². The van der Waals surface area contributed by atoms with Gasteiger partial charge in [-0.2, -0.15) is 0 Å². The van der Waals surface area contributed by atoms with E-state index in [-0.39, 0.29) is 25.4 Å². The summed E-state index contributed by atoms with van der Waals surface area (Å²) in [7, 11) is 0. The van der Waals surface area contributed by atoms with Crippen LogP contribution in [0.25, 0.3) is 0 Å². The minimum Gasteiger partial charge on any atom is -0.461 e. The molecule has 0 saturated heterocycles. The first kappa shape index (κ1) is 24.2. The Balaban J connectivity index is 1.87. The number of alkyl carbamates (subject to hydrolysis) is 1. The molecule has 7 nitrogen and oxygen atoms in total. The van der Waals surface area contributed by atoms with Crippen LogP contribution >= 0.6 is 11.6 Å². The van der Waals surface area contributed by atoms with Crippen molar-refractivity contribution >= 4 is 29.6 Å². The van der Waals surface area contributed by atoms with Crippen molar-refractivity contribution in [2.75, 3.05) is 6.79 Å². The van der Waals surface area contributed by atoms with Crippen LogP contribution in [0.4, 0.5) is 4.79 Å². The zero-order valence-corrected chi connectivity index (χ0v) is 18.1. The minimum atomic E-state index is -0.762. The molecular formula is C23H26ClNO6. The number of hydrogen-bond donors (Lipinski definition) is 1. The van der Waals surface area contributed by atoms with Crippen molar-refractivity contribution in [1.29, 1.82) is 0 Å². The van der Waals surface area contributed by atoms with E-state index in [0.717, 1.165) is 11.1 Å². The van der Waals surface area contributed by atoms with E-state index in [1.165, 1.54) is 0 Å². The Labute approximate surface area is 186 Å². The first-order chi connectivity index (χ1) is 15.0. The molecule has 0 bridgehead atoms. The second kappa shape index (κ2) is 13.3. The average Bonchev–Trinajstić information content (AvgIpc) is 2.76. The summed E-state index contributed by atoms with van der Waals surface area (Å²) < 4.78 is 15.0. The number of hydrogen-bond acceptors (Lipinski definition) is 6. The van der Waals surface area contributed by atoms with E-state index in [9.17, 15) is 14.4 Å². The van der Waals surface area contributed by atoms with Gasteiger partial charge in [-0.1, -0.05) is 61.0 Å². The van der Waals surface area contributed by atoms with Crippen molar-refractivity contribution in [2.24, 2.45) is 0 Å². The molecule has 0 saturated carbocycles. The van der Waals surface area contributed by atoms with Gasteiger partial charge in [0.1, 0.15) is 6.61 Å². The van der Waals surface area contributed by atoms with E-state index in [1.807, 2.05) is 37.3 Å². The molecule has 0 aliphatic carbocycles. The topological polar surface area (TPSA) is 90.9 Å². The Morgan fingerprint density at radius 1 is 0.903 bits per heavy atom. The largest absolute Gasteiger partial charge is 0.461 e. The summed E-state index contributed by atoms with van der Waals surface area (Å²) in [5.41, 5.74) is 1.64. The van der Waals surface area contributed by atoms with Gasteiger partial charge in [-0.25, -0.2) is 4.79 Å². The molecule has 2 aromatic carbocycles. The number of amides is 1. The molecular weight excluding hydrogens is 422 g/mol. The first-order valence-electron chi connectivity index (χ1n) is 10.0. The van der Waals surface area contributed by atoms with Crippen LogP contribution in [0.1, 0.15) is 49.8 Å². The molecule has 31 heavy (non-hydrogen) atoms. The third-order valence-corrected chi connectivity index (χ3v) is 4.56. The fourth-order valence-corrected chi connectivity index (χ4v) is 2.82. The van der Waals surface area contributed by atoms with Crippen LogP contribution in [-0.4, -0.2) is 24.8 Å². The second-order valence-electron chi connectivity index (χ2n) is 6.75. The summed E-state index contributed by atoms with van der Waals surface area (Å²) in [6.07, 6.45) is 0.515. The minimum absolute atomic E-state index is 0.0892. The van der Waals surface area contributed by atoms with Crippen LogP contribution in [0, 0.1) is 0 Å². The van der Waals surface area contributed by atoms with Crippen LogP contribution in [0.3, 0.4) is 0 Å². The highest BCUT2D eigenvalue weighted by Gasteiger charge is 2.18. The van der Waals surface area contributed by atoms with Gasteiger partial charge in [-0.05, 0) is 36.1 Å². The molecule has 1 amide bonds. The van der Waals surface area contributed by atoms with E-state index in [0.29, 0.717) is 17.9 Å². The van der Waals surface area contributed by atoms with E-state index in [2.05, 4.69) is 5.32 Å². The molecule has 2 rings (SSSR count). The van der Waals surface area contributed by atoms with E-state index in [1.54, 1.807) is 24.3 Å². The third-order valence-electron chi connectivity index (χ3n) is 4.31. The first-order valence-corrected chi connectivity index (χ1v) is 10.4. The van der Waals surface area contributed by atoms with Gasteiger partial charge in [0.2, 0.25) is 6.79 Å². The van der Waals surface area contributed by atoms with Crippen molar-refractivity contribution in [3.05, 3.63) is 70.7 Å². The number of ether oxygens (including phenoxy) is 3. The number of carbonyl (C=O) groups excluding carboxylic acids is 3. The number of halogens is 1. The van der Waals surface area contributed by atoms with Gasteiger partial charge in [0.25, 0.3) is 0 Å². The van der Waals surface area contributed by atoms with Gasteiger partial charge in [0.05, 0.1) is 6.04 Å². The molecule has 1 N–H and O–H groups in total. The monoisotopic (exact) mass is 447 g/mol. The van der Waals surface area contributed by atoms with Crippen molar-refractivity contribution < 1.29 is 28.6 Å². The van der Waals surface area contributed by atoms with Gasteiger partial charge in [-0.3, -0.25) is 9.59 Å². The summed E-state index contributed by atoms with van der Waals surface area (Å²) in [5.74, 6) is -0.822. The van der Waals surface area contributed by atoms with E-state index >= 15 is 0 Å². The van der Waals surface area contributed by atoms with Crippen LogP contribution in [0.5, 0.6) is 0 Å². The van der Waals surface area contributed by atoms with Crippen molar-refractivity contribution in [1.82, 2.24) is 5.32 Å². The molecule has 0 spiro atoms. The Bertz CT molecular complexity index is 841. The lowest BCUT2D eigenvalue weighted by atomic mass is 10.0. The standard InChI is InChI=1S/C23H26ClNO6/c1-2-6-21(26)30-16-31-23(28)25-20(18-9-11-19(24)12-10-18)13-14-22(27)29-15-17-7-4-3-5-8-17/h3-5,7-12,20H,2,6,13-16H2,1H3,(H,25,28). The summed E-state index contributed by atoms with van der Waals surface area (Å²) in [6, 6.07) is 15.7. The molecule has 166 valence electrons. The molecule has 0 aromatic heterocycles. The van der Waals surface area contributed by atoms with Gasteiger partial charge in [0.15, 0.2) is 0 Å². The summed E-state index contributed by atoms with van der Waals surface area (Å²) in [6.45, 7) is 1.55. The molecule has 0 heterocycles. The zero-order chi connectivity index (χ0) is 22.5.